The molecule has 0 aliphatic carbocycles. The fourth-order valence-corrected chi connectivity index (χ4v) is 1.02. The number of nitrogens with zero attached hydrogens (tertiary/aromatic N) is 1. The lowest BCUT2D eigenvalue weighted by atomic mass is 10.1. The molecule has 2 atom stereocenters. The van der Waals surface area contributed by atoms with Crippen molar-refractivity contribution >= 4 is 6.40 Å². The van der Waals surface area contributed by atoms with E-state index in [1.807, 2.05) is 12.3 Å². The van der Waals surface area contributed by atoms with Gasteiger partial charge in [-0.15, -0.1) is 0 Å². The highest BCUT2D eigenvalue weighted by atomic mass is 16.7. The van der Waals surface area contributed by atoms with Crippen LogP contribution < -0.4 is 5.32 Å². The predicted molar refractivity (Wildman–Crippen MR) is 35.4 cm³/mol. The van der Waals surface area contributed by atoms with Crippen molar-refractivity contribution in [1.82, 2.24) is 5.32 Å². The zero-order valence-corrected chi connectivity index (χ0v) is 5.36. The number of hydrogen-bond donors (Lipinski definition) is 1. The number of hydrogen-bond acceptors (Lipinski definition) is 4. The van der Waals surface area contributed by atoms with Crippen LogP contribution in [-0.2, 0) is 9.57 Å². The smallest absolute Gasteiger partial charge is 0.213 e. The molecule has 0 amide bonds. The van der Waals surface area contributed by atoms with Crippen LogP contribution in [0.1, 0.15) is 0 Å². The van der Waals surface area contributed by atoms with Crippen LogP contribution in [0.3, 0.4) is 0 Å². The molecule has 2 rings (SSSR count). The molecule has 0 spiro atoms. The number of rotatable bonds is 0. The van der Waals surface area contributed by atoms with Gasteiger partial charge in [0.05, 0.1) is 6.54 Å². The fourth-order valence-electron chi connectivity index (χ4n) is 1.02. The lowest BCUT2D eigenvalue weighted by Crippen LogP contribution is -2.41. The minimum absolute atomic E-state index is 0.0370. The quantitative estimate of drug-likeness (QED) is 0.508. The molecule has 0 aromatic carbocycles. The summed E-state index contributed by atoms with van der Waals surface area (Å²) in [6.07, 6.45) is 5.19. The van der Waals surface area contributed by atoms with Gasteiger partial charge in [0.15, 0.2) is 12.2 Å². The van der Waals surface area contributed by atoms with Crippen LogP contribution in [0.15, 0.2) is 17.4 Å². The molecule has 2 aliphatic heterocycles. The molecule has 0 saturated heterocycles. The number of fused-ring (bicyclic) bond motifs is 1. The average molecular weight is 140 g/mol. The predicted octanol–water partition coefficient (Wildman–Crippen LogP) is -0.169. The topological polar surface area (TPSA) is 42.9 Å². The van der Waals surface area contributed by atoms with Crippen molar-refractivity contribution in [2.45, 2.75) is 12.2 Å². The molecule has 1 N–H and O–H groups in total. The summed E-state index contributed by atoms with van der Waals surface area (Å²) in [5.41, 5.74) is 0. The van der Waals surface area contributed by atoms with Gasteiger partial charge in [-0.3, -0.25) is 0 Å². The van der Waals surface area contributed by atoms with Crippen molar-refractivity contribution < 1.29 is 9.57 Å². The van der Waals surface area contributed by atoms with Crippen LogP contribution in [0.25, 0.3) is 0 Å². The van der Waals surface area contributed by atoms with Gasteiger partial charge < -0.3 is 14.9 Å². The second-order valence-electron chi connectivity index (χ2n) is 2.22. The largest absolute Gasteiger partial charge is 0.469 e. The average Bonchev–Trinajstić information content (AvgIpc) is 2.05. The van der Waals surface area contributed by atoms with E-state index < -0.39 is 0 Å². The third kappa shape index (κ3) is 0.814. The highest BCUT2D eigenvalue weighted by Crippen LogP contribution is 2.11. The van der Waals surface area contributed by atoms with Crippen LogP contribution in [-0.4, -0.2) is 25.2 Å². The Bertz CT molecular complexity index is 179. The Morgan fingerprint density at radius 3 is 3.50 bits per heavy atom. The molecular formula is C6H8N2O2. The summed E-state index contributed by atoms with van der Waals surface area (Å²) in [6.45, 7) is 0.762. The van der Waals surface area contributed by atoms with Gasteiger partial charge >= 0.3 is 0 Å². The van der Waals surface area contributed by atoms with E-state index in [2.05, 4.69) is 10.5 Å². The maximum atomic E-state index is 5.14. The monoisotopic (exact) mass is 140 g/mol. The van der Waals surface area contributed by atoms with E-state index in [4.69, 9.17) is 9.57 Å². The van der Waals surface area contributed by atoms with Crippen LogP contribution in [0.5, 0.6) is 0 Å². The van der Waals surface area contributed by atoms with Crippen molar-refractivity contribution in [3.8, 4) is 0 Å². The van der Waals surface area contributed by atoms with Crippen LogP contribution >= 0.6 is 0 Å². The van der Waals surface area contributed by atoms with Crippen molar-refractivity contribution in [3.05, 3.63) is 12.3 Å². The van der Waals surface area contributed by atoms with Gasteiger partial charge in [0, 0.05) is 0 Å². The van der Waals surface area contributed by atoms with Crippen LogP contribution in [0.4, 0.5) is 0 Å². The molecule has 0 saturated carbocycles. The van der Waals surface area contributed by atoms with E-state index in [-0.39, 0.29) is 12.2 Å². The molecule has 0 fully saturated rings. The molecule has 54 valence electrons. The Morgan fingerprint density at radius 1 is 1.60 bits per heavy atom. The second kappa shape index (κ2) is 2.21. The van der Waals surface area contributed by atoms with Crippen molar-refractivity contribution in [1.29, 1.82) is 0 Å². The Balaban J connectivity index is 2.12. The summed E-state index contributed by atoms with van der Waals surface area (Å²) < 4.78 is 5.14. The minimum Gasteiger partial charge on any atom is -0.469 e. The van der Waals surface area contributed by atoms with Gasteiger partial charge in [-0.05, 0) is 12.3 Å². The van der Waals surface area contributed by atoms with E-state index in [9.17, 15) is 0 Å². The molecule has 10 heavy (non-hydrogen) atoms. The highest BCUT2D eigenvalue weighted by molar-refractivity contribution is 5.47. The zero-order chi connectivity index (χ0) is 6.81. The first-order chi connectivity index (χ1) is 4.97. The summed E-state index contributed by atoms with van der Waals surface area (Å²) in [4.78, 5) is 5.01. The molecule has 0 radical (unpaired) electrons. The Morgan fingerprint density at radius 2 is 2.60 bits per heavy atom. The Hall–Kier alpha value is -1.19. The van der Waals surface area contributed by atoms with Crippen molar-refractivity contribution in [3.63, 3.8) is 0 Å². The zero-order valence-electron chi connectivity index (χ0n) is 5.36. The second-order valence-corrected chi connectivity index (χ2v) is 2.22. The minimum atomic E-state index is 0.0370. The van der Waals surface area contributed by atoms with Crippen LogP contribution in [0.2, 0.25) is 0 Å². The normalized spacial score (nSPS) is 35.2. The molecule has 0 aromatic heterocycles. The molecular weight excluding hydrogens is 132 g/mol. The maximum Gasteiger partial charge on any atom is 0.213 e. The van der Waals surface area contributed by atoms with E-state index in [1.54, 1.807) is 0 Å². The molecule has 4 heteroatoms. The summed E-state index contributed by atoms with van der Waals surface area (Å²) in [6, 6.07) is 0. The summed E-state index contributed by atoms with van der Waals surface area (Å²) >= 11 is 0. The highest BCUT2D eigenvalue weighted by Gasteiger charge is 2.26. The van der Waals surface area contributed by atoms with Gasteiger partial charge in [0.25, 0.3) is 0 Å². The van der Waals surface area contributed by atoms with Gasteiger partial charge in [0.2, 0.25) is 6.40 Å². The molecule has 4 nitrogen and oxygen atoms in total. The lowest BCUT2D eigenvalue weighted by molar-refractivity contribution is -0.0364. The van der Waals surface area contributed by atoms with Gasteiger partial charge in [-0.25, -0.2) is 0 Å². The third-order valence-corrected chi connectivity index (χ3v) is 1.55. The standard InChI is InChI=1S/C6H8N2O2/c1-2-7-3-6-5(1)9-4-8-10-6/h1-2,4-7H,3H2. The molecule has 0 bridgehead atoms. The van der Waals surface area contributed by atoms with Gasteiger partial charge in [0.1, 0.15) is 0 Å². The SMILES string of the molecule is C1=CC2OC=NOC2CN1. The molecule has 2 unspecified atom stereocenters. The first-order valence-corrected chi connectivity index (χ1v) is 3.20. The molecule has 0 aromatic rings. The van der Waals surface area contributed by atoms with Gasteiger partial charge in [-0.2, -0.15) is 0 Å². The maximum absolute atomic E-state index is 5.14. The first kappa shape index (κ1) is 5.58. The molecule has 2 heterocycles. The van der Waals surface area contributed by atoms with E-state index >= 15 is 0 Å². The van der Waals surface area contributed by atoms with Gasteiger partial charge in [-0.1, -0.05) is 5.16 Å². The number of ether oxygens (including phenoxy) is 1. The Labute approximate surface area is 58.5 Å². The van der Waals surface area contributed by atoms with E-state index in [1.165, 1.54) is 6.40 Å². The van der Waals surface area contributed by atoms with Crippen molar-refractivity contribution in [2.24, 2.45) is 5.16 Å². The Kier molecular flexibility index (Phi) is 1.23. The van der Waals surface area contributed by atoms with Crippen molar-refractivity contribution in [2.75, 3.05) is 6.54 Å². The summed E-state index contributed by atoms with van der Waals surface area (Å²) in [5, 5.41) is 6.56. The first-order valence-electron chi connectivity index (χ1n) is 3.20. The molecule has 2 aliphatic rings. The third-order valence-electron chi connectivity index (χ3n) is 1.55. The number of nitrogens with one attached hydrogen (secondary N) is 1. The van der Waals surface area contributed by atoms with E-state index in [0.717, 1.165) is 6.54 Å². The van der Waals surface area contributed by atoms with Crippen LogP contribution in [0, 0.1) is 0 Å². The summed E-state index contributed by atoms with van der Waals surface area (Å²) in [5.74, 6) is 0. The number of oxime groups is 1. The lowest BCUT2D eigenvalue weighted by Gasteiger charge is -2.27. The summed E-state index contributed by atoms with van der Waals surface area (Å²) in [7, 11) is 0. The van der Waals surface area contributed by atoms with E-state index in [0.29, 0.717) is 0 Å². The fraction of sp³-hybridized carbons (Fsp3) is 0.500.